The Kier molecular flexibility index (Phi) is 13.2. The van der Waals surface area contributed by atoms with E-state index < -0.39 is 37.7 Å². The van der Waals surface area contributed by atoms with E-state index in [1.54, 1.807) is 12.1 Å². The van der Waals surface area contributed by atoms with Crippen LogP contribution in [0.25, 0.3) is 0 Å². The first-order chi connectivity index (χ1) is 27.8. The number of aliphatic hydroxyl groups is 1. The summed E-state index contributed by atoms with van der Waals surface area (Å²) in [5, 5.41) is 13.1. The fourth-order valence-electron chi connectivity index (χ4n) is 7.13. The van der Waals surface area contributed by atoms with Crippen molar-refractivity contribution in [3.8, 4) is 5.75 Å². The molecule has 0 fully saturated rings. The number of benzene rings is 6. The zero-order valence-electron chi connectivity index (χ0n) is 32.5. The maximum Gasteiger partial charge on any atom is 0.298 e. The maximum absolute atomic E-state index is 13.3. The van der Waals surface area contributed by atoms with Crippen molar-refractivity contribution < 1.29 is 35.8 Å². The number of hydrogen-bond acceptors (Lipinski definition) is 9. The summed E-state index contributed by atoms with van der Waals surface area (Å²) in [6.07, 6.45) is 0. The van der Waals surface area contributed by atoms with Crippen LogP contribution in [0.2, 0.25) is 0 Å². The number of nitrogens with one attached hydrogen (secondary N) is 1. The molecule has 58 heavy (non-hydrogen) atoms. The summed E-state index contributed by atoms with van der Waals surface area (Å²) in [7, 11) is -8.36. The Balaban J connectivity index is 1.43. The van der Waals surface area contributed by atoms with Crippen LogP contribution in [-0.4, -0.2) is 51.2 Å². The molecule has 0 bridgehead atoms. The lowest BCUT2D eigenvalue weighted by Crippen LogP contribution is -2.22. The molecule has 0 amide bonds. The Morgan fingerprint density at radius 1 is 0.621 bits per heavy atom. The Morgan fingerprint density at radius 3 is 1.52 bits per heavy atom. The first-order valence-electron chi connectivity index (χ1n) is 18.8. The number of nitrogens with zero attached hydrogens (tertiary/aromatic N) is 2. The molecular weight excluding hydrogens is 775 g/mol. The zero-order valence-corrected chi connectivity index (χ0v) is 34.1. The highest BCUT2D eigenvalue weighted by molar-refractivity contribution is 7.86. The van der Waals surface area contributed by atoms with Crippen molar-refractivity contribution in [1.29, 1.82) is 0 Å². The molecule has 0 aromatic heterocycles. The van der Waals surface area contributed by atoms with Gasteiger partial charge in [-0.25, -0.2) is 0 Å². The molecule has 0 heterocycles. The van der Waals surface area contributed by atoms with Gasteiger partial charge in [0.05, 0.1) is 13.7 Å². The minimum absolute atomic E-state index is 0.0691. The first-order valence-corrected chi connectivity index (χ1v) is 21.7. The van der Waals surface area contributed by atoms with Crippen molar-refractivity contribution in [1.82, 2.24) is 0 Å². The number of rotatable bonds is 17. The maximum atomic E-state index is 13.3. The second-order valence-electron chi connectivity index (χ2n) is 13.8. The van der Waals surface area contributed by atoms with Crippen LogP contribution in [0.5, 0.6) is 5.75 Å². The lowest BCUT2D eigenvalue weighted by Gasteiger charge is -2.27. The summed E-state index contributed by atoms with van der Waals surface area (Å²) in [6, 6.07) is 43.1. The molecule has 0 radical (unpaired) electrons. The van der Waals surface area contributed by atoms with E-state index in [4.69, 9.17) is 4.74 Å². The van der Waals surface area contributed by atoms with Crippen LogP contribution in [0.3, 0.4) is 0 Å². The lowest BCUT2D eigenvalue weighted by molar-refractivity contribution is 0.281. The molecule has 13 heteroatoms. The van der Waals surface area contributed by atoms with E-state index in [1.807, 2.05) is 84.9 Å². The van der Waals surface area contributed by atoms with E-state index in [0.717, 1.165) is 41.7 Å². The molecule has 0 unspecified atom stereocenters. The fourth-order valence-corrected chi connectivity index (χ4v) is 8.55. The van der Waals surface area contributed by atoms with Gasteiger partial charge in [-0.2, -0.15) is 16.8 Å². The summed E-state index contributed by atoms with van der Waals surface area (Å²) in [5.74, 6) is -0.835. The van der Waals surface area contributed by atoms with Gasteiger partial charge in [-0.15, -0.1) is 0 Å². The van der Waals surface area contributed by atoms with Gasteiger partial charge in [-0.1, -0.05) is 91.0 Å². The minimum atomic E-state index is -4.85. The first kappa shape index (κ1) is 41.9. The van der Waals surface area contributed by atoms with Crippen LogP contribution < -0.4 is 19.9 Å². The van der Waals surface area contributed by atoms with E-state index in [-0.39, 0.29) is 27.6 Å². The number of hydrogen-bond donors (Lipinski definition) is 4. The molecule has 6 aromatic carbocycles. The molecule has 0 spiro atoms. The number of anilines is 4. The molecule has 4 N–H and O–H groups in total. The predicted molar refractivity (Wildman–Crippen MR) is 228 cm³/mol. The van der Waals surface area contributed by atoms with Crippen LogP contribution in [0, 0.1) is 0 Å². The molecule has 6 aromatic rings. The second-order valence-corrected chi connectivity index (χ2v) is 16.5. The van der Waals surface area contributed by atoms with Gasteiger partial charge in [-0.3, -0.25) is 9.11 Å². The topological polar surface area (TPSA) is 157 Å². The second kappa shape index (κ2) is 18.3. The Bertz CT molecular complexity index is 2440. The van der Waals surface area contributed by atoms with Crippen LogP contribution in [0.15, 0.2) is 149 Å². The molecule has 0 atom stereocenters. The Hall–Kier alpha value is -5.70. The van der Waals surface area contributed by atoms with Crippen molar-refractivity contribution in [2.45, 2.75) is 49.3 Å². The highest BCUT2D eigenvalue weighted by Crippen LogP contribution is 2.40. The number of aliphatic hydroxyl groups excluding tert-OH is 1. The van der Waals surface area contributed by atoms with E-state index in [1.165, 1.54) is 30.4 Å². The van der Waals surface area contributed by atoms with E-state index in [2.05, 4.69) is 53.2 Å². The third-order valence-corrected chi connectivity index (χ3v) is 11.9. The number of ether oxygens (including phenoxy) is 1. The largest absolute Gasteiger partial charge is 0.495 e. The standard InChI is InChI=1S/C45H47N3O8S2/c1-4-47(29-32-12-8-6-9-13-32)38-21-16-34(17-22-38)45(35-18-23-39(24-19-35)48(5-2)30-33-14-10-7-11-15-33)40-25-20-37(27-43(40)57(50,51)52)46-41-28-44(58(53,54)55)42(56-3)26-36(41)31-49/h6-28,45-46,49H,4-5,29-31H2,1-3H3,(H,50,51,52)(H,53,54,55). The smallest absolute Gasteiger partial charge is 0.298 e. The van der Waals surface area contributed by atoms with Gasteiger partial charge < -0.3 is 25.0 Å². The molecule has 0 saturated carbocycles. The van der Waals surface area contributed by atoms with Gasteiger partial charge in [0.15, 0.2) is 0 Å². The van der Waals surface area contributed by atoms with Gasteiger partial charge in [0, 0.05) is 60.4 Å². The van der Waals surface area contributed by atoms with E-state index in [0.29, 0.717) is 18.7 Å². The summed E-state index contributed by atoms with van der Waals surface area (Å²) in [4.78, 5) is 3.56. The van der Waals surface area contributed by atoms with Crippen molar-refractivity contribution in [2.24, 2.45) is 0 Å². The third-order valence-electron chi connectivity index (χ3n) is 10.1. The highest BCUT2D eigenvalue weighted by Gasteiger charge is 2.27. The monoisotopic (exact) mass is 821 g/mol. The molecule has 6 rings (SSSR count). The molecule has 0 aliphatic rings. The quantitative estimate of drug-likeness (QED) is 0.0516. The predicted octanol–water partition coefficient (Wildman–Crippen LogP) is 8.66. The van der Waals surface area contributed by atoms with Gasteiger partial charge in [0.1, 0.15) is 15.5 Å². The van der Waals surface area contributed by atoms with Crippen LogP contribution in [-0.2, 0) is 39.9 Å². The molecule has 0 aliphatic heterocycles. The Morgan fingerprint density at radius 2 is 1.10 bits per heavy atom. The van der Waals surface area contributed by atoms with Gasteiger partial charge in [0.2, 0.25) is 0 Å². The fraction of sp³-hybridized carbons (Fsp3) is 0.200. The van der Waals surface area contributed by atoms with Gasteiger partial charge in [0.25, 0.3) is 20.2 Å². The summed E-state index contributed by atoms with van der Waals surface area (Å²) in [6.45, 7) is 6.57. The van der Waals surface area contributed by atoms with Crippen LogP contribution in [0.4, 0.5) is 22.7 Å². The van der Waals surface area contributed by atoms with Crippen LogP contribution in [0.1, 0.15) is 53.1 Å². The minimum Gasteiger partial charge on any atom is -0.495 e. The number of methoxy groups -OCH3 is 1. The zero-order chi connectivity index (χ0) is 41.5. The van der Waals surface area contributed by atoms with Crippen LogP contribution >= 0.6 is 0 Å². The molecule has 302 valence electrons. The normalized spacial score (nSPS) is 11.7. The van der Waals surface area contributed by atoms with E-state index >= 15 is 0 Å². The van der Waals surface area contributed by atoms with Crippen molar-refractivity contribution in [2.75, 3.05) is 35.3 Å². The van der Waals surface area contributed by atoms with Gasteiger partial charge >= 0.3 is 0 Å². The molecule has 11 nitrogen and oxygen atoms in total. The SMILES string of the molecule is CCN(Cc1ccccc1)c1ccc(C(c2ccc(N(CC)Cc3ccccc3)cc2)c2ccc(Nc3cc(S(=O)(=O)O)c(OC)cc3CO)cc2S(=O)(=O)O)cc1. The average Bonchev–Trinajstić information content (AvgIpc) is 3.23. The molecular formula is C45H47N3O8S2. The molecule has 0 aliphatic carbocycles. The van der Waals surface area contributed by atoms with Crippen molar-refractivity contribution in [3.05, 3.63) is 173 Å². The third kappa shape index (κ3) is 9.87. The van der Waals surface area contributed by atoms with Gasteiger partial charge in [-0.05, 0) is 90.2 Å². The highest BCUT2D eigenvalue weighted by atomic mass is 32.2. The van der Waals surface area contributed by atoms with Crippen molar-refractivity contribution >= 4 is 43.0 Å². The average molecular weight is 822 g/mol. The lowest BCUT2D eigenvalue weighted by atomic mass is 9.84. The summed E-state index contributed by atoms with van der Waals surface area (Å²) < 4.78 is 76.6. The summed E-state index contributed by atoms with van der Waals surface area (Å²) >= 11 is 0. The molecule has 0 saturated heterocycles. The Labute approximate surface area is 340 Å². The van der Waals surface area contributed by atoms with Crippen molar-refractivity contribution in [3.63, 3.8) is 0 Å². The van der Waals surface area contributed by atoms with E-state index in [9.17, 15) is 31.0 Å². The summed E-state index contributed by atoms with van der Waals surface area (Å²) in [5.41, 5.74) is 6.63.